The maximum atomic E-state index is 6.00. The standard InChI is InChI=1S/C20H19N3O/c1-13-7-8-19-16(11-13)21-20(24-19)23-10-9-15-14-5-3-4-6-17(14)22(2)18(15)12-23/h3-8,11H,9-10,12H2,1-2H3. The molecule has 0 unspecified atom stereocenters. The first-order chi connectivity index (χ1) is 11.7. The third-order valence-corrected chi connectivity index (χ3v) is 5.12. The lowest BCUT2D eigenvalue weighted by molar-refractivity contribution is 0.548. The topological polar surface area (TPSA) is 34.2 Å². The van der Waals surface area contributed by atoms with Crippen molar-refractivity contribution >= 4 is 28.0 Å². The first-order valence-corrected chi connectivity index (χ1v) is 8.38. The largest absolute Gasteiger partial charge is 0.423 e. The molecule has 24 heavy (non-hydrogen) atoms. The van der Waals surface area contributed by atoms with Crippen LogP contribution in [0.1, 0.15) is 16.8 Å². The minimum Gasteiger partial charge on any atom is -0.423 e. The van der Waals surface area contributed by atoms with Crippen molar-refractivity contribution in [1.29, 1.82) is 0 Å². The van der Waals surface area contributed by atoms with Crippen molar-refractivity contribution in [2.75, 3.05) is 11.4 Å². The van der Waals surface area contributed by atoms with Crippen LogP contribution in [0.3, 0.4) is 0 Å². The maximum absolute atomic E-state index is 6.00. The molecule has 0 spiro atoms. The molecule has 1 aliphatic rings. The molecule has 0 saturated carbocycles. The Labute approximate surface area is 140 Å². The molecule has 0 atom stereocenters. The summed E-state index contributed by atoms with van der Waals surface area (Å²) in [7, 11) is 2.15. The normalized spacial score (nSPS) is 14.5. The van der Waals surface area contributed by atoms with Gasteiger partial charge in [0.25, 0.3) is 6.01 Å². The molecule has 0 radical (unpaired) electrons. The number of aromatic nitrogens is 2. The van der Waals surface area contributed by atoms with Gasteiger partial charge in [-0.05, 0) is 42.7 Å². The number of rotatable bonds is 1. The number of para-hydroxylation sites is 1. The number of anilines is 1. The second-order valence-electron chi connectivity index (χ2n) is 6.64. The van der Waals surface area contributed by atoms with Gasteiger partial charge in [0.2, 0.25) is 0 Å². The summed E-state index contributed by atoms with van der Waals surface area (Å²) in [5, 5.41) is 1.38. The van der Waals surface area contributed by atoms with Gasteiger partial charge >= 0.3 is 0 Å². The van der Waals surface area contributed by atoms with E-state index in [2.05, 4.69) is 59.8 Å². The number of benzene rings is 2. The summed E-state index contributed by atoms with van der Waals surface area (Å²) in [5.74, 6) is 0. The summed E-state index contributed by atoms with van der Waals surface area (Å²) in [6.07, 6.45) is 1.02. The number of hydrogen-bond acceptors (Lipinski definition) is 3. The predicted molar refractivity (Wildman–Crippen MR) is 96.4 cm³/mol. The molecule has 4 nitrogen and oxygen atoms in total. The number of aryl methyl sites for hydroxylation is 2. The van der Waals surface area contributed by atoms with E-state index < -0.39 is 0 Å². The summed E-state index contributed by atoms with van der Waals surface area (Å²) < 4.78 is 8.31. The lowest BCUT2D eigenvalue weighted by Gasteiger charge is -2.26. The Morgan fingerprint density at radius 3 is 2.92 bits per heavy atom. The Bertz CT molecular complexity index is 1070. The van der Waals surface area contributed by atoms with Crippen molar-refractivity contribution in [3.05, 3.63) is 59.3 Å². The van der Waals surface area contributed by atoms with E-state index in [9.17, 15) is 0 Å². The Hall–Kier alpha value is -2.75. The maximum Gasteiger partial charge on any atom is 0.298 e. The van der Waals surface area contributed by atoms with Crippen LogP contribution in [-0.4, -0.2) is 16.1 Å². The van der Waals surface area contributed by atoms with E-state index >= 15 is 0 Å². The van der Waals surface area contributed by atoms with E-state index in [0.717, 1.165) is 36.6 Å². The van der Waals surface area contributed by atoms with Gasteiger partial charge in [0, 0.05) is 30.2 Å². The van der Waals surface area contributed by atoms with Crippen LogP contribution in [0.4, 0.5) is 6.01 Å². The number of nitrogens with zero attached hydrogens (tertiary/aromatic N) is 3. The summed E-state index contributed by atoms with van der Waals surface area (Å²) in [5.41, 5.74) is 7.14. The molecule has 2 aromatic carbocycles. The predicted octanol–water partition coefficient (Wildman–Crippen LogP) is 4.19. The van der Waals surface area contributed by atoms with Crippen molar-refractivity contribution in [3.8, 4) is 0 Å². The van der Waals surface area contributed by atoms with Crippen LogP contribution in [0.5, 0.6) is 0 Å². The zero-order valence-corrected chi connectivity index (χ0v) is 13.9. The molecule has 0 saturated heterocycles. The third-order valence-electron chi connectivity index (χ3n) is 5.12. The minimum absolute atomic E-state index is 0.728. The fraction of sp³-hybridized carbons (Fsp3) is 0.250. The van der Waals surface area contributed by atoms with Gasteiger partial charge in [0.15, 0.2) is 5.58 Å². The second-order valence-corrected chi connectivity index (χ2v) is 6.64. The summed E-state index contributed by atoms with van der Waals surface area (Å²) in [6.45, 7) is 3.86. The fourth-order valence-corrected chi connectivity index (χ4v) is 3.84. The molecule has 0 amide bonds. The Morgan fingerprint density at radius 2 is 2.00 bits per heavy atom. The lowest BCUT2D eigenvalue weighted by atomic mass is 10.0. The Balaban J connectivity index is 1.58. The van der Waals surface area contributed by atoms with Gasteiger partial charge in [-0.3, -0.25) is 0 Å². The van der Waals surface area contributed by atoms with Crippen molar-refractivity contribution in [2.45, 2.75) is 19.9 Å². The number of fused-ring (bicyclic) bond motifs is 4. The van der Waals surface area contributed by atoms with Crippen molar-refractivity contribution in [2.24, 2.45) is 7.05 Å². The molecule has 3 heterocycles. The lowest BCUT2D eigenvalue weighted by Crippen LogP contribution is -2.31. The van der Waals surface area contributed by atoms with Gasteiger partial charge in [-0.15, -0.1) is 0 Å². The first-order valence-electron chi connectivity index (χ1n) is 8.38. The molecule has 4 aromatic rings. The van der Waals surface area contributed by atoms with E-state index in [-0.39, 0.29) is 0 Å². The van der Waals surface area contributed by atoms with Gasteiger partial charge in [-0.1, -0.05) is 24.3 Å². The van der Waals surface area contributed by atoms with Crippen LogP contribution >= 0.6 is 0 Å². The Morgan fingerprint density at radius 1 is 1.12 bits per heavy atom. The van der Waals surface area contributed by atoms with Gasteiger partial charge in [-0.2, -0.15) is 4.98 Å². The van der Waals surface area contributed by atoms with Gasteiger partial charge in [0.1, 0.15) is 5.52 Å². The SMILES string of the molecule is Cc1ccc2oc(N3CCc4c(n(C)c5ccccc45)C3)nc2c1. The molecule has 2 aromatic heterocycles. The average Bonchev–Trinajstić information content (AvgIpc) is 3.15. The molecular weight excluding hydrogens is 298 g/mol. The highest BCUT2D eigenvalue weighted by atomic mass is 16.4. The highest BCUT2D eigenvalue weighted by molar-refractivity contribution is 5.86. The quantitative estimate of drug-likeness (QED) is 0.528. The molecule has 0 fully saturated rings. The fourth-order valence-electron chi connectivity index (χ4n) is 3.84. The van der Waals surface area contributed by atoms with E-state index in [4.69, 9.17) is 9.40 Å². The van der Waals surface area contributed by atoms with Crippen molar-refractivity contribution < 1.29 is 4.42 Å². The van der Waals surface area contributed by atoms with Crippen LogP contribution in [0.25, 0.3) is 22.0 Å². The van der Waals surface area contributed by atoms with Gasteiger partial charge in [-0.25, -0.2) is 0 Å². The summed E-state index contributed by atoms with van der Waals surface area (Å²) in [6, 6.07) is 15.5. The smallest absolute Gasteiger partial charge is 0.298 e. The monoisotopic (exact) mass is 317 g/mol. The molecule has 120 valence electrons. The second kappa shape index (κ2) is 4.87. The van der Waals surface area contributed by atoms with E-state index in [1.54, 1.807) is 0 Å². The van der Waals surface area contributed by atoms with Gasteiger partial charge < -0.3 is 13.9 Å². The van der Waals surface area contributed by atoms with Crippen LogP contribution < -0.4 is 4.90 Å². The molecule has 0 aliphatic carbocycles. The van der Waals surface area contributed by atoms with E-state index in [0.29, 0.717) is 0 Å². The molecule has 4 heteroatoms. The van der Waals surface area contributed by atoms with Crippen molar-refractivity contribution in [1.82, 2.24) is 9.55 Å². The highest BCUT2D eigenvalue weighted by Gasteiger charge is 2.25. The van der Waals surface area contributed by atoms with Gasteiger partial charge in [0.05, 0.1) is 6.54 Å². The molecule has 5 rings (SSSR count). The molecule has 1 aliphatic heterocycles. The van der Waals surface area contributed by atoms with E-state index in [1.807, 2.05) is 6.07 Å². The average molecular weight is 317 g/mol. The third kappa shape index (κ3) is 1.89. The number of hydrogen-bond donors (Lipinski definition) is 0. The van der Waals surface area contributed by atoms with Crippen LogP contribution in [0.2, 0.25) is 0 Å². The molecule has 0 N–H and O–H groups in total. The highest BCUT2D eigenvalue weighted by Crippen LogP contribution is 2.32. The van der Waals surface area contributed by atoms with Crippen molar-refractivity contribution in [3.63, 3.8) is 0 Å². The van der Waals surface area contributed by atoms with E-state index in [1.165, 1.54) is 27.7 Å². The number of oxazole rings is 1. The zero-order valence-electron chi connectivity index (χ0n) is 13.9. The zero-order chi connectivity index (χ0) is 16.3. The summed E-state index contributed by atoms with van der Waals surface area (Å²) in [4.78, 5) is 6.95. The van der Waals surface area contributed by atoms with Crippen LogP contribution in [0, 0.1) is 6.92 Å². The van der Waals surface area contributed by atoms with Crippen LogP contribution in [0.15, 0.2) is 46.9 Å². The summed E-state index contributed by atoms with van der Waals surface area (Å²) >= 11 is 0. The van der Waals surface area contributed by atoms with Crippen LogP contribution in [-0.2, 0) is 20.0 Å². The molecule has 0 bridgehead atoms. The first kappa shape index (κ1) is 13.7. The minimum atomic E-state index is 0.728. The Kier molecular flexibility index (Phi) is 2.77. The molecular formula is C20H19N3O.